The number of benzene rings is 2. The number of para-hydroxylation sites is 1. The first-order chi connectivity index (χ1) is 15.6. The molecule has 1 fully saturated rings. The van der Waals surface area contributed by atoms with Crippen LogP contribution in [0.4, 0.5) is 0 Å². The van der Waals surface area contributed by atoms with E-state index in [9.17, 15) is 14.4 Å². The summed E-state index contributed by atoms with van der Waals surface area (Å²) in [5, 5.41) is 7.98. The van der Waals surface area contributed by atoms with Gasteiger partial charge < -0.3 is 5.32 Å². The molecule has 5 rings (SSSR count). The van der Waals surface area contributed by atoms with Crippen molar-refractivity contribution in [2.45, 2.75) is 51.2 Å². The monoisotopic (exact) mass is 431 g/mol. The van der Waals surface area contributed by atoms with Gasteiger partial charge in [-0.25, -0.2) is 13.9 Å². The Hall–Kier alpha value is -3.68. The summed E-state index contributed by atoms with van der Waals surface area (Å²) in [6.07, 6.45) is 4.44. The van der Waals surface area contributed by atoms with Gasteiger partial charge in [-0.3, -0.25) is 14.2 Å². The van der Waals surface area contributed by atoms with E-state index in [4.69, 9.17) is 0 Å². The molecule has 32 heavy (non-hydrogen) atoms. The zero-order chi connectivity index (χ0) is 22.1. The molecule has 0 bridgehead atoms. The number of hydrogen-bond acceptors (Lipinski definition) is 4. The third-order valence-electron chi connectivity index (χ3n) is 6.14. The standard InChI is InChI=1S/C24H25N5O3/c30-21(25-18-10-4-5-11-18)14-15-27-22(31)19-12-6-7-13-20(19)29-23(27)26-28(24(29)32)16-17-8-2-1-3-9-17/h1-3,6-9,12-13,18H,4-5,10-11,14-16H2,(H,25,30). The molecule has 0 atom stereocenters. The molecule has 1 aliphatic carbocycles. The number of amides is 1. The molecule has 2 heterocycles. The van der Waals surface area contributed by atoms with Crippen LogP contribution < -0.4 is 16.6 Å². The first-order valence-electron chi connectivity index (χ1n) is 11.1. The molecule has 1 N–H and O–H groups in total. The molecular formula is C24H25N5O3. The maximum Gasteiger partial charge on any atom is 0.352 e. The smallest absolute Gasteiger partial charge is 0.352 e. The van der Waals surface area contributed by atoms with E-state index in [-0.39, 0.29) is 41.9 Å². The summed E-state index contributed by atoms with van der Waals surface area (Å²) in [5.74, 6) is 0.171. The first kappa shape index (κ1) is 20.2. The SMILES string of the molecule is O=C(CCn1c(=O)c2ccccc2n2c(=O)n(Cc3ccccc3)nc12)NC1CCCC1. The third kappa shape index (κ3) is 3.72. The quantitative estimate of drug-likeness (QED) is 0.507. The second-order valence-electron chi connectivity index (χ2n) is 8.33. The van der Waals surface area contributed by atoms with E-state index < -0.39 is 0 Å². The van der Waals surface area contributed by atoms with Gasteiger partial charge in [0, 0.05) is 19.0 Å². The molecule has 8 nitrogen and oxygen atoms in total. The van der Waals surface area contributed by atoms with Crippen molar-refractivity contribution in [2.24, 2.45) is 0 Å². The van der Waals surface area contributed by atoms with E-state index in [1.807, 2.05) is 30.3 Å². The maximum atomic E-state index is 13.2. The molecule has 0 saturated heterocycles. The Morgan fingerprint density at radius 2 is 1.72 bits per heavy atom. The molecule has 4 aromatic rings. The number of hydrogen-bond donors (Lipinski definition) is 1. The first-order valence-corrected chi connectivity index (χ1v) is 11.1. The summed E-state index contributed by atoms with van der Waals surface area (Å²) in [6, 6.07) is 16.8. The Labute approximate surface area is 184 Å². The minimum absolute atomic E-state index is 0.0822. The van der Waals surface area contributed by atoms with Gasteiger partial charge in [-0.2, -0.15) is 0 Å². The minimum atomic E-state index is -0.316. The highest BCUT2D eigenvalue weighted by atomic mass is 16.2. The van der Waals surface area contributed by atoms with Crippen LogP contribution >= 0.6 is 0 Å². The van der Waals surface area contributed by atoms with Gasteiger partial charge in [-0.05, 0) is 30.5 Å². The van der Waals surface area contributed by atoms with E-state index in [2.05, 4.69) is 10.4 Å². The molecule has 2 aromatic heterocycles. The van der Waals surface area contributed by atoms with E-state index >= 15 is 0 Å². The second-order valence-corrected chi connectivity index (χ2v) is 8.33. The van der Waals surface area contributed by atoms with Crippen molar-refractivity contribution in [1.82, 2.24) is 24.1 Å². The van der Waals surface area contributed by atoms with E-state index in [1.54, 1.807) is 24.3 Å². The largest absolute Gasteiger partial charge is 0.353 e. The molecule has 164 valence electrons. The average Bonchev–Trinajstić information content (AvgIpc) is 3.42. The lowest BCUT2D eigenvalue weighted by Crippen LogP contribution is -2.34. The van der Waals surface area contributed by atoms with Gasteiger partial charge in [-0.15, -0.1) is 5.10 Å². The van der Waals surface area contributed by atoms with Gasteiger partial charge >= 0.3 is 5.69 Å². The van der Waals surface area contributed by atoms with Crippen LogP contribution in [0, 0.1) is 0 Å². The van der Waals surface area contributed by atoms with Crippen LogP contribution in [-0.4, -0.2) is 30.7 Å². The normalized spacial score (nSPS) is 14.4. The number of fused-ring (bicyclic) bond motifs is 3. The highest BCUT2D eigenvalue weighted by Gasteiger charge is 2.20. The van der Waals surface area contributed by atoms with Gasteiger partial charge in [0.1, 0.15) is 0 Å². The molecule has 8 heteroatoms. The summed E-state index contributed by atoms with van der Waals surface area (Å²) >= 11 is 0. The summed E-state index contributed by atoms with van der Waals surface area (Å²) in [5.41, 5.74) is 0.887. The number of aromatic nitrogens is 4. The van der Waals surface area contributed by atoms with Crippen LogP contribution in [0.2, 0.25) is 0 Å². The Balaban J connectivity index is 1.55. The summed E-state index contributed by atoms with van der Waals surface area (Å²) in [6.45, 7) is 0.458. The van der Waals surface area contributed by atoms with Gasteiger partial charge in [0.15, 0.2) is 0 Å². The van der Waals surface area contributed by atoms with Gasteiger partial charge in [0.2, 0.25) is 11.7 Å². The van der Waals surface area contributed by atoms with Gasteiger partial charge in [-0.1, -0.05) is 55.3 Å². The maximum absolute atomic E-state index is 13.2. The fourth-order valence-corrected chi connectivity index (χ4v) is 4.51. The number of nitrogens with one attached hydrogen (secondary N) is 1. The van der Waals surface area contributed by atoms with Gasteiger partial charge in [0.05, 0.1) is 17.4 Å². The average molecular weight is 431 g/mol. The van der Waals surface area contributed by atoms with Crippen molar-refractivity contribution in [3.63, 3.8) is 0 Å². The highest BCUT2D eigenvalue weighted by molar-refractivity contribution is 5.80. The zero-order valence-corrected chi connectivity index (χ0v) is 17.7. The Bertz CT molecular complexity index is 1390. The van der Waals surface area contributed by atoms with Crippen molar-refractivity contribution < 1.29 is 4.79 Å². The summed E-state index contributed by atoms with van der Waals surface area (Å²) in [4.78, 5) is 39.0. The Morgan fingerprint density at radius 1 is 1.00 bits per heavy atom. The predicted octanol–water partition coefficient (Wildman–Crippen LogP) is 2.31. The third-order valence-corrected chi connectivity index (χ3v) is 6.14. The van der Waals surface area contributed by atoms with Crippen molar-refractivity contribution in [2.75, 3.05) is 0 Å². The second kappa shape index (κ2) is 8.45. The Kier molecular flexibility index (Phi) is 5.34. The van der Waals surface area contributed by atoms with Crippen molar-refractivity contribution in [1.29, 1.82) is 0 Å². The number of nitrogens with zero attached hydrogens (tertiary/aromatic N) is 4. The van der Waals surface area contributed by atoms with E-state index in [1.165, 1.54) is 13.6 Å². The molecule has 1 amide bonds. The molecule has 0 aliphatic heterocycles. The fraction of sp³-hybridized carbons (Fsp3) is 0.333. The van der Waals surface area contributed by atoms with Crippen molar-refractivity contribution in [3.05, 3.63) is 81.0 Å². The number of carbonyl (C=O) groups is 1. The van der Waals surface area contributed by atoms with Crippen LogP contribution in [0.5, 0.6) is 0 Å². The topological polar surface area (TPSA) is 90.4 Å². The number of carbonyl (C=O) groups excluding carboxylic acids is 1. The van der Waals surface area contributed by atoms with Gasteiger partial charge in [0.25, 0.3) is 5.56 Å². The van der Waals surface area contributed by atoms with Crippen LogP contribution in [0.3, 0.4) is 0 Å². The van der Waals surface area contributed by atoms with Crippen LogP contribution in [0.1, 0.15) is 37.7 Å². The predicted molar refractivity (Wildman–Crippen MR) is 122 cm³/mol. The molecule has 1 saturated carbocycles. The minimum Gasteiger partial charge on any atom is -0.353 e. The number of aryl methyl sites for hydroxylation is 1. The molecule has 0 spiro atoms. The van der Waals surface area contributed by atoms with Crippen LogP contribution in [0.25, 0.3) is 16.7 Å². The van der Waals surface area contributed by atoms with Crippen LogP contribution in [0.15, 0.2) is 64.2 Å². The molecule has 1 aliphatic rings. The summed E-state index contributed by atoms with van der Waals surface area (Å²) < 4.78 is 4.28. The lowest BCUT2D eigenvalue weighted by molar-refractivity contribution is -0.121. The van der Waals surface area contributed by atoms with Crippen molar-refractivity contribution in [3.8, 4) is 0 Å². The lowest BCUT2D eigenvalue weighted by Gasteiger charge is -2.13. The summed E-state index contributed by atoms with van der Waals surface area (Å²) in [7, 11) is 0. The molecular weight excluding hydrogens is 406 g/mol. The lowest BCUT2D eigenvalue weighted by atomic mass is 10.2. The molecule has 0 unspecified atom stereocenters. The molecule has 0 radical (unpaired) electrons. The zero-order valence-electron chi connectivity index (χ0n) is 17.7. The van der Waals surface area contributed by atoms with Crippen LogP contribution in [-0.2, 0) is 17.9 Å². The fourth-order valence-electron chi connectivity index (χ4n) is 4.51. The van der Waals surface area contributed by atoms with Crippen molar-refractivity contribution >= 4 is 22.6 Å². The number of rotatable bonds is 6. The van der Waals surface area contributed by atoms with E-state index in [0.717, 1.165) is 31.2 Å². The highest BCUT2D eigenvalue weighted by Crippen LogP contribution is 2.18. The van der Waals surface area contributed by atoms with E-state index in [0.29, 0.717) is 17.4 Å². The Morgan fingerprint density at radius 3 is 2.50 bits per heavy atom. The molecule has 2 aromatic carbocycles.